The van der Waals surface area contributed by atoms with E-state index in [1.807, 2.05) is 4.90 Å². The second kappa shape index (κ2) is 6.80. The van der Waals surface area contributed by atoms with Gasteiger partial charge in [0, 0.05) is 38.1 Å². The van der Waals surface area contributed by atoms with E-state index in [0.717, 1.165) is 52.5 Å². The first-order chi connectivity index (χ1) is 11.7. The Kier molecular flexibility index (Phi) is 4.54. The van der Waals surface area contributed by atoms with Crippen LogP contribution < -0.4 is 0 Å². The van der Waals surface area contributed by atoms with E-state index in [0.29, 0.717) is 11.1 Å². The lowest BCUT2D eigenvalue weighted by Gasteiger charge is -2.52. The highest BCUT2D eigenvalue weighted by molar-refractivity contribution is 5.92. The van der Waals surface area contributed by atoms with Crippen molar-refractivity contribution in [1.82, 2.24) is 24.8 Å². The van der Waals surface area contributed by atoms with Crippen LogP contribution in [0.4, 0.5) is 0 Å². The molecule has 2 saturated heterocycles. The van der Waals surface area contributed by atoms with Gasteiger partial charge in [0.1, 0.15) is 0 Å². The van der Waals surface area contributed by atoms with Gasteiger partial charge in [-0.3, -0.25) is 14.4 Å². The molecule has 1 aliphatic carbocycles. The molecule has 1 aromatic heterocycles. The monoisotopic (exact) mass is 333 g/mol. The number of amides is 1. The van der Waals surface area contributed by atoms with Crippen LogP contribution in [-0.2, 0) is 11.3 Å². The molecule has 7 nitrogen and oxygen atoms in total. The third-order valence-corrected chi connectivity index (χ3v) is 5.76. The molecule has 24 heavy (non-hydrogen) atoms. The van der Waals surface area contributed by atoms with Gasteiger partial charge >= 0.3 is 0 Å². The Labute approximate surface area is 142 Å². The van der Waals surface area contributed by atoms with Crippen LogP contribution in [0.2, 0.25) is 0 Å². The van der Waals surface area contributed by atoms with Crippen LogP contribution in [0.15, 0.2) is 6.20 Å². The molecule has 1 saturated carbocycles. The highest BCUT2D eigenvalue weighted by atomic mass is 16.5. The second-order valence-corrected chi connectivity index (χ2v) is 7.54. The molecule has 0 radical (unpaired) electrons. The maximum Gasteiger partial charge on any atom is 0.276 e. The number of ether oxygens (including phenoxy) is 1. The molecule has 1 spiro atoms. The lowest BCUT2D eigenvalue weighted by molar-refractivity contribution is -0.0158. The number of aromatic nitrogens is 3. The molecule has 4 rings (SSSR count). The summed E-state index contributed by atoms with van der Waals surface area (Å²) in [6.45, 7) is 7.05. The van der Waals surface area contributed by atoms with Crippen molar-refractivity contribution in [2.75, 3.05) is 45.9 Å². The Morgan fingerprint density at radius 2 is 1.88 bits per heavy atom. The molecule has 0 unspecified atom stereocenters. The third kappa shape index (κ3) is 3.32. The average molecular weight is 333 g/mol. The summed E-state index contributed by atoms with van der Waals surface area (Å²) in [7, 11) is 0. The van der Waals surface area contributed by atoms with E-state index >= 15 is 0 Å². The summed E-state index contributed by atoms with van der Waals surface area (Å²) in [5.41, 5.74) is 0.905. The Balaban J connectivity index is 1.27. The van der Waals surface area contributed by atoms with Crippen LogP contribution in [0.25, 0.3) is 0 Å². The molecular formula is C17H27N5O2. The van der Waals surface area contributed by atoms with E-state index in [1.54, 1.807) is 10.9 Å². The minimum Gasteiger partial charge on any atom is -0.379 e. The van der Waals surface area contributed by atoms with Gasteiger partial charge in [-0.05, 0) is 12.8 Å². The largest absolute Gasteiger partial charge is 0.379 e. The summed E-state index contributed by atoms with van der Waals surface area (Å²) in [5.74, 6) is 0.0452. The highest BCUT2D eigenvalue weighted by Crippen LogP contribution is 2.44. The molecule has 0 aromatic carbocycles. The number of carbonyl (C=O) groups is 1. The topological polar surface area (TPSA) is 63.5 Å². The van der Waals surface area contributed by atoms with Crippen LogP contribution in [-0.4, -0.2) is 76.6 Å². The minimum absolute atomic E-state index is 0.0452. The van der Waals surface area contributed by atoms with Crippen LogP contribution in [0.1, 0.15) is 42.6 Å². The predicted molar refractivity (Wildman–Crippen MR) is 88.7 cm³/mol. The minimum atomic E-state index is 0.0452. The molecule has 7 heteroatoms. The SMILES string of the molecule is O=C(c1cn(CCN2CCOCC2)nn1)N1CC2(CCCCC2)C1. The van der Waals surface area contributed by atoms with E-state index in [2.05, 4.69) is 15.2 Å². The highest BCUT2D eigenvalue weighted by Gasteiger charge is 2.45. The van der Waals surface area contributed by atoms with Crippen molar-refractivity contribution in [2.45, 2.75) is 38.6 Å². The van der Waals surface area contributed by atoms with E-state index in [-0.39, 0.29) is 5.91 Å². The average Bonchev–Trinajstić information content (AvgIpc) is 3.08. The fourth-order valence-corrected chi connectivity index (χ4v) is 4.26. The van der Waals surface area contributed by atoms with Gasteiger partial charge < -0.3 is 9.64 Å². The van der Waals surface area contributed by atoms with E-state index in [4.69, 9.17) is 4.74 Å². The van der Waals surface area contributed by atoms with Gasteiger partial charge in [-0.1, -0.05) is 24.5 Å². The van der Waals surface area contributed by atoms with Crippen molar-refractivity contribution in [3.8, 4) is 0 Å². The number of hydrogen-bond donors (Lipinski definition) is 0. The van der Waals surface area contributed by atoms with Crippen LogP contribution in [0.5, 0.6) is 0 Å². The zero-order chi connectivity index (χ0) is 16.4. The number of carbonyl (C=O) groups excluding carboxylic acids is 1. The first-order valence-electron chi connectivity index (χ1n) is 9.24. The van der Waals surface area contributed by atoms with Crippen molar-refractivity contribution in [3.05, 3.63) is 11.9 Å². The van der Waals surface area contributed by atoms with Gasteiger partial charge in [-0.2, -0.15) is 0 Å². The molecular weight excluding hydrogens is 306 g/mol. The van der Waals surface area contributed by atoms with Gasteiger partial charge in [0.2, 0.25) is 0 Å². The number of rotatable bonds is 4. The zero-order valence-corrected chi connectivity index (χ0v) is 14.3. The maximum absolute atomic E-state index is 12.6. The summed E-state index contributed by atoms with van der Waals surface area (Å²) < 4.78 is 7.14. The Morgan fingerprint density at radius 3 is 2.62 bits per heavy atom. The molecule has 1 aromatic rings. The summed E-state index contributed by atoms with van der Waals surface area (Å²) in [4.78, 5) is 16.9. The molecule has 3 aliphatic rings. The van der Waals surface area contributed by atoms with Gasteiger partial charge in [0.15, 0.2) is 5.69 Å². The van der Waals surface area contributed by atoms with E-state index < -0.39 is 0 Å². The molecule has 0 N–H and O–H groups in total. The van der Waals surface area contributed by atoms with Gasteiger partial charge in [0.25, 0.3) is 5.91 Å². The lowest BCUT2D eigenvalue weighted by Crippen LogP contribution is -2.59. The van der Waals surface area contributed by atoms with Crippen molar-refractivity contribution in [2.24, 2.45) is 5.41 Å². The molecule has 0 atom stereocenters. The van der Waals surface area contributed by atoms with Crippen molar-refractivity contribution >= 4 is 5.91 Å². The van der Waals surface area contributed by atoms with Crippen LogP contribution in [0.3, 0.4) is 0 Å². The first-order valence-corrected chi connectivity index (χ1v) is 9.24. The van der Waals surface area contributed by atoms with Gasteiger partial charge in [-0.15, -0.1) is 5.10 Å². The van der Waals surface area contributed by atoms with Gasteiger partial charge in [-0.25, -0.2) is 0 Å². The number of nitrogens with zero attached hydrogens (tertiary/aromatic N) is 5. The van der Waals surface area contributed by atoms with Crippen molar-refractivity contribution < 1.29 is 9.53 Å². The number of hydrogen-bond acceptors (Lipinski definition) is 5. The molecule has 3 fully saturated rings. The molecule has 1 amide bonds. The maximum atomic E-state index is 12.6. The Hall–Kier alpha value is -1.47. The summed E-state index contributed by atoms with van der Waals surface area (Å²) in [6.07, 6.45) is 8.35. The molecule has 2 aliphatic heterocycles. The van der Waals surface area contributed by atoms with E-state index in [1.165, 1.54) is 32.1 Å². The smallest absolute Gasteiger partial charge is 0.276 e. The second-order valence-electron chi connectivity index (χ2n) is 7.54. The predicted octanol–water partition coefficient (Wildman–Crippen LogP) is 1.02. The summed E-state index contributed by atoms with van der Waals surface area (Å²) in [5, 5.41) is 8.22. The number of likely N-dealkylation sites (tertiary alicyclic amines) is 1. The molecule has 132 valence electrons. The summed E-state index contributed by atoms with van der Waals surface area (Å²) >= 11 is 0. The number of morpholine rings is 1. The summed E-state index contributed by atoms with van der Waals surface area (Å²) in [6, 6.07) is 0. The Morgan fingerprint density at radius 1 is 1.12 bits per heavy atom. The van der Waals surface area contributed by atoms with Crippen molar-refractivity contribution in [1.29, 1.82) is 0 Å². The van der Waals surface area contributed by atoms with Gasteiger partial charge in [0.05, 0.1) is 26.0 Å². The van der Waals surface area contributed by atoms with Crippen LogP contribution >= 0.6 is 0 Å². The van der Waals surface area contributed by atoms with Crippen LogP contribution in [0, 0.1) is 5.41 Å². The normalized spacial score (nSPS) is 24.1. The fraction of sp³-hybridized carbons (Fsp3) is 0.824. The molecule has 0 bridgehead atoms. The molecule has 3 heterocycles. The van der Waals surface area contributed by atoms with E-state index in [9.17, 15) is 4.79 Å². The quantitative estimate of drug-likeness (QED) is 0.823. The Bertz CT molecular complexity index is 567. The third-order valence-electron chi connectivity index (χ3n) is 5.76. The van der Waals surface area contributed by atoms with Crippen molar-refractivity contribution in [3.63, 3.8) is 0 Å². The standard InChI is InChI=1S/C17H27N5O2/c23-16(21-13-17(14-21)4-2-1-3-5-17)15-12-22(19-18-15)7-6-20-8-10-24-11-9-20/h12H,1-11,13-14H2. The zero-order valence-electron chi connectivity index (χ0n) is 14.3. The first kappa shape index (κ1) is 16.0. The fourth-order valence-electron chi connectivity index (χ4n) is 4.26. The lowest BCUT2D eigenvalue weighted by atomic mass is 9.68.